The second-order valence-electron chi connectivity index (χ2n) is 3.17. The Bertz CT molecular complexity index is 146. The Morgan fingerprint density at radius 1 is 1.77 bits per heavy atom. The molecule has 1 heterocycles. The van der Waals surface area contributed by atoms with Crippen LogP contribution in [0.1, 0.15) is 13.3 Å². The number of hydrogen-bond acceptors (Lipinski definition) is 3. The summed E-state index contributed by atoms with van der Waals surface area (Å²) in [5.41, 5.74) is 0. The molecule has 2 nitrogen and oxygen atoms in total. The Balaban J connectivity index is 2.36. The van der Waals surface area contributed by atoms with Crippen molar-refractivity contribution in [1.82, 2.24) is 5.32 Å². The van der Waals surface area contributed by atoms with Gasteiger partial charge < -0.3 is 10.1 Å². The lowest BCUT2D eigenvalue weighted by atomic mass is 10.1. The lowest BCUT2D eigenvalue weighted by Crippen LogP contribution is -2.44. The van der Waals surface area contributed by atoms with Crippen LogP contribution in [0, 0.1) is 0 Å². The van der Waals surface area contributed by atoms with Gasteiger partial charge >= 0.3 is 0 Å². The van der Waals surface area contributed by atoms with Gasteiger partial charge in [-0.15, -0.1) is 6.58 Å². The number of hydrogen-bond donors (Lipinski definition) is 1. The van der Waals surface area contributed by atoms with Crippen LogP contribution in [0.3, 0.4) is 0 Å². The fraction of sp³-hybridized carbons (Fsp3) is 0.800. The third kappa shape index (κ3) is 3.71. The summed E-state index contributed by atoms with van der Waals surface area (Å²) in [4.78, 5) is 0. The zero-order valence-electron chi connectivity index (χ0n) is 8.29. The summed E-state index contributed by atoms with van der Waals surface area (Å²) in [5, 5.41) is 3.44. The third-order valence-corrected chi connectivity index (χ3v) is 3.20. The van der Waals surface area contributed by atoms with Gasteiger partial charge in [0.1, 0.15) is 0 Å². The minimum absolute atomic E-state index is 0.372. The van der Waals surface area contributed by atoms with Crippen LogP contribution < -0.4 is 5.32 Å². The number of thioether (sulfide) groups is 1. The van der Waals surface area contributed by atoms with Gasteiger partial charge in [0.2, 0.25) is 0 Å². The molecule has 0 aliphatic carbocycles. The lowest BCUT2D eigenvalue weighted by molar-refractivity contribution is 0.0483. The molecule has 2 atom stereocenters. The average molecular weight is 201 g/mol. The highest BCUT2D eigenvalue weighted by Gasteiger charge is 2.22. The molecule has 0 amide bonds. The van der Waals surface area contributed by atoms with E-state index in [2.05, 4.69) is 18.8 Å². The molecule has 1 saturated heterocycles. The average Bonchev–Trinajstić information content (AvgIpc) is 2.19. The Morgan fingerprint density at radius 3 is 3.15 bits per heavy atom. The van der Waals surface area contributed by atoms with Gasteiger partial charge in [0, 0.05) is 17.5 Å². The zero-order valence-corrected chi connectivity index (χ0v) is 9.11. The van der Waals surface area contributed by atoms with Gasteiger partial charge in [-0.1, -0.05) is 13.0 Å². The largest absolute Gasteiger partial charge is 0.375 e. The first-order valence-corrected chi connectivity index (χ1v) is 6.07. The molecule has 13 heavy (non-hydrogen) atoms. The molecule has 1 N–H and O–H groups in total. The first-order chi connectivity index (χ1) is 6.38. The molecular weight excluding hydrogens is 182 g/mol. The fourth-order valence-corrected chi connectivity index (χ4v) is 2.49. The second kappa shape index (κ2) is 6.46. The maximum atomic E-state index is 5.71. The SMILES string of the molecule is C=CCC(NCC)C1CSCCO1. The Labute approximate surface area is 85.1 Å². The number of likely N-dealkylation sites (N-methyl/N-ethyl adjacent to an activating group) is 1. The maximum absolute atomic E-state index is 5.71. The highest BCUT2D eigenvalue weighted by atomic mass is 32.2. The molecule has 2 unspecified atom stereocenters. The van der Waals surface area contributed by atoms with Gasteiger partial charge in [0.25, 0.3) is 0 Å². The molecule has 0 saturated carbocycles. The van der Waals surface area contributed by atoms with Crippen LogP contribution in [0.25, 0.3) is 0 Å². The normalized spacial score (nSPS) is 25.5. The van der Waals surface area contributed by atoms with Crippen molar-refractivity contribution < 1.29 is 4.74 Å². The first-order valence-electron chi connectivity index (χ1n) is 4.92. The molecule has 1 fully saturated rings. The number of ether oxygens (including phenoxy) is 1. The van der Waals surface area contributed by atoms with Crippen LogP contribution in [-0.2, 0) is 4.74 Å². The van der Waals surface area contributed by atoms with E-state index in [-0.39, 0.29) is 0 Å². The van der Waals surface area contributed by atoms with Crippen LogP contribution in [0.15, 0.2) is 12.7 Å². The molecule has 0 aromatic rings. The summed E-state index contributed by atoms with van der Waals surface area (Å²) < 4.78 is 5.71. The minimum atomic E-state index is 0.372. The van der Waals surface area contributed by atoms with E-state index < -0.39 is 0 Å². The van der Waals surface area contributed by atoms with Crippen molar-refractivity contribution in [3.63, 3.8) is 0 Å². The van der Waals surface area contributed by atoms with E-state index in [0.717, 1.165) is 31.1 Å². The van der Waals surface area contributed by atoms with Crippen LogP contribution in [0.5, 0.6) is 0 Å². The number of rotatable bonds is 5. The quantitative estimate of drug-likeness (QED) is 0.684. The van der Waals surface area contributed by atoms with E-state index in [0.29, 0.717) is 12.1 Å². The van der Waals surface area contributed by atoms with Crippen LogP contribution in [0.4, 0.5) is 0 Å². The Kier molecular flexibility index (Phi) is 5.51. The van der Waals surface area contributed by atoms with E-state index in [4.69, 9.17) is 4.74 Å². The van der Waals surface area contributed by atoms with E-state index in [1.165, 1.54) is 0 Å². The molecule has 0 aromatic carbocycles. The predicted octanol–water partition coefficient (Wildman–Crippen LogP) is 1.67. The van der Waals surface area contributed by atoms with E-state index in [1.54, 1.807) is 0 Å². The number of nitrogens with one attached hydrogen (secondary N) is 1. The summed E-state index contributed by atoms with van der Waals surface area (Å²) in [5.74, 6) is 2.26. The summed E-state index contributed by atoms with van der Waals surface area (Å²) in [6, 6.07) is 0.454. The van der Waals surface area contributed by atoms with Gasteiger partial charge in [-0.2, -0.15) is 11.8 Å². The third-order valence-electron chi connectivity index (χ3n) is 2.18. The van der Waals surface area contributed by atoms with Gasteiger partial charge in [0.05, 0.1) is 12.7 Å². The monoisotopic (exact) mass is 201 g/mol. The molecule has 0 aromatic heterocycles. The first kappa shape index (κ1) is 11.1. The summed E-state index contributed by atoms with van der Waals surface area (Å²) >= 11 is 1.98. The van der Waals surface area contributed by atoms with Gasteiger partial charge in [-0.3, -0.25) is 0 Å². The molecule has 0 bridgehead atoms. The predicted molar refractivity (Wildman–Crippen MR) is 59.3 cm³/mol. The topological polar surface area (TPSA) is 21.3 Å². The van der Waals surface area contributed by atoms with E-state index in [9.17, 15) is 0 Å². The highest BCUT2D eigenvalue weighted by Crippen LogP contribution is 2.17. The van der Waals surface area contributed by atoms with Crippen molar-refractivity contribution in [3.8, 4) is 0 Å². The maximum Gasteiger partial charge on any atom is 0.0821 e. The zero-order chi connectivity index (χ0) is 9.52. The Morgan fingerprint density at radius 2 is 2.62 bits per heavy atom. The van der Waals surface area contributed by atoms with Gasteiger partial charge in [-0.25, -0.2) is 0 Å². The standard InChI is InChI=1S/C10H19NOS/c1-3-5-9(11-4-2)10-8-13-7-6-12-10/h3,9-11H,1,4-8H2,2H3. The molecule has 1 aliphatic heterocycles. The second-order valence-corrected chi connectivity index (χ2v) is 4.32. The summed E-state index contributed by atoms with van der Waals surface area (Å²) in [6.07, 6.45) is 3.34. The lowest BCUT2D eigenvalue weighted by Gasteiger charge is -2.30. The molecule has 76 valence electrons. The molecule has 0 spiro atoms. The van der Waals surface area contributed by atoms with Crippen molar-refractivity contribution in [2.24, 2.45) is 0 Å². The Hall–Kier alpha value is 0.01000. The molecule has 0 radical (unpaired) electrons. The van der Waals surface area contributed by atoms with Crippen molar-refractivity contribution in [3.05, 3.63) is 12.7 Å². The van der Waals surface area contributed by atoms with Gasteiger partial charge in [-0.05, 0) is 13.0 Å². The minimum Gasteiger partial charge on any atom is -0.375 e. The van der Waals surface area contributed by atoms with Crippen LogP contribution in [0.2, 0.25) is 0 Å². The smallest absolute Gasteiger partial charge is 0.0821 e. The fourth-order valence-electron chi connectivity index (χ4n) is 1.55. The van der Waals surface area contributed by atoms with Crippen LogP contribution in [-0.4, -0.2) is 36.8 Å². The van der Waals surface area contributed by atoms with Crippen molar-refractivity contribution in [2.75, 3.05) is 24.7 Å². The molecule has 3 heteroatoms. The summed E-state index contributed by atoms with van der Waals surface area (Å²) in [7, 11) is 0. The molecule has 1 aliphatic rings. The highest BCUT2D eigenvalue weighted by molar-refractivity contribution is 7.99. The molecule has 1 rings (SSSR count). The van der Waals surface area contributed by atoms with E-state index in [1.807, 2.05) is 17.8 Å². The molecular formula is C10H19NOS. The summed E-state index contributed by atoms with van der Waals surface area (Å²) in [6.45, 7) is 7.81. The van der Waals surface area contributed by atoms with Crippen molar-refractivity contribution in [2.45, 2.75) is 25.5 Å². The van der Waals surface area contributed by atoms with Crippen molar-refractivity contribution in [1.29, 1.82) is 0 Å². The van der Waals surface area contributed by atoms with E-state index >= 15 is 0 Å². The van der Waals surface area contributed by atoms with Crippen molar-refractivity contribution >= 4 is 11.8 Å². The van der Waals surface area contributed by atoms with Crippen LogP contribution >= 0.6 is 11.8 Å². The van der Waals surface area contributed by atoms with Gasteiger partial charge in [0.15, 0.2) is 0 Å².